The lowest BCUT2D eigenvalue weighted by atomic mass is 10.1. The predicted molar refractivity (Wildman–Crippen MR) is 78.7 cm³/mol. The highest BCUT2D eigenvalue weighted by Crippen LogP contribution is 2.30. The summed E-state index contributed by atoms with van der Waals surface area (Å²) < 4.78 is 0. The summed E-state index contributed by atoms with van der Waals surface area (Å²) in [4.78, 5) is 25.6. The Morgan fingerprint density at radius 2 is 2.10 bits per heavy atom. The van der Waals surface area contributed by atoms with Crippen LogP contribution in [0.5, 0.6) is 0 Å². The lowest BCUT2D eigenvalue weighted by molar-refractivity contribution is -0.117. The van der Waals surface area contributed by atoms with E-state index in [2.05, 4.69) is 10.6 Å². The number of hydrogen-bond acceptors (Lipinski definition) is 3. The van der Waals surface area contributed by atoms with Gasteiger partial charge in [0.1, 0.15) is 0 Å². The van der Waals surface area contributed by atoms with Gasteiger partial charge in [-0.3, -0.25) is 9.59 Å². The van der Waals surface area contributed by atoms with Crippen molar-refractivity contribution in [3.05, 3.63) is 29.8 Å². The van der Waals surface area contributed by atoms with Gasteiger partial charge in [0.05, 0.1) is 0 Å². The number of rotatable bonds is 6. The van der Waals surface area contributed by atoms with Gasteiger partial charge in [-0.05, 0) is 38.1 Å². The summed E-state index contributed by atoms with van der Waals surface area (Å²) in [5.41, 5.74) is 1.28. The van der Waals surface area contributed by atoms with Gasteiger partial charge >= 0.3 is 0 Å². The van der Waals surface area contributed by atoms with Gasteiger partial charge in [0.15, 0.2) is 0 Å². The second-order valence-electron chi connectivity index (χ2n) is 5.17. The van der Waals surface area contributed by atoms with Crippen LogP contribution in [0.4, 0.5) is 5.69 Å². The summed E-state index contributed by atoms with van der Waals surface area (Å²) in [7, 11) is 3.63. The van der Waals surface area contributed by atoms with Gasteiger partial charge in [0.2, 0.25) is 5.91 Å². The Kier molecular flexibility index (Phi) is 4.74. The van der Waals surface area contributed by atoms with Crippen LogP contribution in [0.15, 0.2) is 24.3 Å². The lowest BCUT2D eigenvalue weighted by Gasteiger charge is -2.17. The molecule has 1 aliphatic carbocycles. The zero-order valence-corrected chi connectivity index (χ0v) is 12.0. The Balaban J connectivity index is 2.00. The summed E-state index contributed by atoms with van der Waals surface area (Å²) in [6.07, 6.45) is 1.94. The van der Waals surface area contributed by atoms with Crippen LogP contribution in [0.25, 0.3) is 0 Å². The fourth-order valence-corrected chi connectivity index (χ4v) is 1.92. The van der Waals surface area contributed by atoms with E-state index in [-0.39, 0.29) is 17.7 Å². The van der Waals surface area contributed by atoms with Crippen molar-refractivity contribution in [3.63, 3.8) is 0 Å². The minimum absolute atomic E-state index is 0.0391. The van der Waals surface area contributed by atoms with Gasteiger partial charge in [-0.1, -0.05) is 6.07 Å². The first-order valence-electron chi connectivity index (χ1n) is 6.93. The van der Waals surface area contributed by atoms with Crippen LogP contribution in [0.1, 0.15) is 23.2 Å². The van der Waals surface area contributed by atoms with Gasteiger partial charge in [0.25, 0.3) is 5.91 Å². The topological polar surface area (TPSA) is 61.4 Å². The molecule has 1 fully saturated rings. The molecule has 1 saturated carbocycles. The molecule has 20 heavy (non-hydrogen) atoms. The maximum Gasteiger partial charge on any atom is 0.253 e. The molecule has 2 N–H and O–H groups in total. The van der Waals surface area contributed by atoms with Crippen molar-refractivity contribution in [2.45, 2.75) is 12.8 Å². The number of amides is 2. The van der Waals surface area contributed by atoms with E-state index >= 15 is 0 Å². The van der Waals surface area contributed by atoms with Gasteiger partial charge in [-0.2, -0.15) is 0 Å². The summed E-state index contributed by atoms with van der Waals surface area (Å²) in [5.74, 6) is 0.175. The van der Waals surface area contributed by atoms with E-state index < -0.39 is 0 Å². The Hall–Kier alpha value is -1.88. The number of nitrogens with zero attached hydrogens (tertiary/aromatic N) is 1. The van der Waals surface area contributed by atoms with E-state index in [0.29, 0.717) is 17.8 Å². The number of hydrogen-bond donors (Lipinski definition) is 2. The highest BCUT2D eigenvalue weighted by molar-refractivity contribution is 5.98. The minimum Gasteiger partial charge on any atom is -0.340 e. The molecule has 0 aliphatic heterocycles. The average molecular weight is 275 g/mol. The largest absolute Gasteiger partial charge is 0.340 e. The van der Waals surface area contributed by atoms with Gasteiger partial charge < -0.3 is 15.5 Å². The van der Waals surface area contributed by atoms with E-state index in [0.717, 1.165) is 19.4 Å². The summed E-state index contributed by atoms with van der Waals surface area (Å²) in [5, 5.41) is 5.87. The number of carbonyl (C=O) groups excluding carboxylic acids is 2. The molecule has 0 saturated heterocycles. The van der Waals surface area contributed by atoms with Crippen LogP contribution < -0.4 is 10.6 Å². The average Bonchev–Trinajstić information content (AvgIpc) is 3.28. The first-order chi connectivity index (χ1) is 9.61. The summed E-state index contributed by atoms with van der Waals surface area (Å²) in [6, 6.07) is 7.11. The molecule has 0 unspecified atom stereocenters. The van der Waals surface area contributed by atoms with E-state index in [1.807, 2.05) is 13.1 Å². The summed E-state index contributed by atoms with van der Waals surface area (Å²) in [6.45, 7) is 1.40. The quantitative estimate of drug-likeness (QED) is 0.823. The number of carbonyl (C=O) groups is 2. The first-order valence-corrected chi connectivity index (χ1v) is 6.93. The Labute approximate surface area is 119 Å². The van der Waals surface area contributed by atoms with Crippen molar-refractivity contribution in [3.8, 4) is 0 Å². The van der Waals surface area contributed by atoms with Crippen LogP contribution in [-0.2, 0) is 4.79 Å². The zero-order chi connectivity index (χ0) is 14.5. The van der Waals surface area contributed by atoms with Gasteiger partial charge in [-0.25, -0.2) is 0 Å². The van der Waals surface area contributed by atoms with Crippen LogP contribution in [0, 0.1) is 5.92 Å². The van der Waals surface area contributed by atoms with Gasteiger partial charge in [-0.15, -0.1) is 0 Å². The maximum atomic E-state index is 12.2. The molecular formula is C15H21N3O2. The molecule has 0 spiro atoms. The highest BCUT2D eigenvalue weighted by Gasteiger charge is 2.29. The van der Waals surface area contributed by atoms with Crippen LogP contribution >= 0.6 is 0 Å². The van der Waals surface area contributed by atoms with Crippen molar-refractivity contribution in [2.75, 3.05) is 32.5 Å². The second-order valence-corrected chi connectivity index (χ2v) is 5.17. The van der Waals surface area contributed by atoms with Crippen LogP contribution in [0.2, 0.25) is 0 Å². The lowest BCUT2D eigenvalue weighted by Crippen LogP contribution is -2.32. The number of nitrogens with one attached hydrogen (secondary N) is 2. The van der Waals surface area contributed by atoms with E-state index in [1.54, 1.807) is 30.1 Å². The molecule has 1 aromatic carbocycles. The molecule has 0 atom stereocenters. The number of benzene rings is 1. The molecule has 2 amide bonds. The van der Waals surface area contributed by atoms with E-state index in [4.69, 9.17) is 0 Å². The normalized spacial score (nSPS) is 13.9. The SMILES string of the molecule is CNCCN(C)C(=O)c1cccc(NC(=O)C2CC2)c1. The van der Waals surface area contributed by atoms with Crippen molar-refractivity contribution in [1.82, 2.24) is 10.2 Å². The number of anilines is 1. The molecular weight excluding hydrogens is 254 g/mol. The highest BCUT2D eigenvalue weighted by atomic mass is 16.2. The molecule has 5 nitrogen and oxygen atoms in total. The molecule has 0 radical (unpaired) electrons. The third-order valence-corrected chi connectivity index (χ3v) is 3.37. The van der Waals surface area contributed by atoms with E-state index in [9.17, 15) is 9.59 Å². The Bertz CT molecular complexity index is 498. The fraction of sp³-hybridized carbons (Fsp3) is 0.467. The van der Waals surface area contributed by atoms with Crippen molar-refractivity contribution in [1.29, 1.82) is 0 Å². The minimum atomic E-state index is -0.0391. The standard InChI is InChI=1S/C15H21N3O2/c1-16-8-9-18(2)15(20)12-4-3-5-13(10-12)17-14(19)11-6-7-11/h3-5,10-11,16H,6-9H2,1-2H3,(H,17,19). The van der Waals surface area contributed by atoms with Crippen LogP contribution in [0.3, 0.4) is 0 Å². The molecule has 2 rings (SSSR count). The Morgan fingerprint density at radius 3 is 2.75 bits per heavy atom. The van der Waals surface area contributed by atoms with Crippen LogP contribution in [-0.4, -0.2) is 43.9 Å². The monoisotopic (exact) mass is 275 g/mol. The molecule has 0 heterocycles. The molecule has 108 valence electrons. The second kappa shape index (κ2) is 6.52. The zero-order valence-electron chi connectivity index (χ0n) is 12.0. The summed E-state index contributed by atoms with van der Waals surface area (Å²) >= 11 is 0. The van der Waals surface area contributed by atoms with Crippen molar-refractivity contribution < 1.29 is 9.59 Å². The van der Waals surface area contributed by atoms with Crippen molar-refractivity contribution in [2.24, 2.45) is 5.92 Å². The molecule has 0 aromatic heterocycles. The predicted octanol–water partition coefficient (Wildman–Crippen LogP) is 1.33. The van der Waals surface area contributed by atoms with E-state index in [1.165, 1.54) is 0 Å². The molecule has 0 bridgehead atoms. The Morgan fingerprint density at radius 1 is 1.35 bits per heavy atom. The third kappa shape index (κ3) is 3.81. The van der Waals surface area contributed by atoms with Gasteiger partial charge in [0, 0.05) is 37.3 Å². The smallest absolute Gasteiger partial charge is 0.253 e. The molecule has 5 heteroatoms. The molecule has 1 aromatic rings. The maximum absolute atomic E-state index is 12.2. The fourth-order valence-electron chi connectivity index (χ4n) is 1.92. The third-order valence-electron chi connectivity index (χ3n) is 3.37. The number of likely N-dealkylation sites (N-methyl/N-ethyl adjacent to an activating group) is 2. The molecule has 1 aliphatic rings. The van der Waals surface area contributed by atoms with Crippen molar-refractivity contribution >= 4 is 17.5 Å². The first kappa shape index (κ1) is 14.5.